The van der Waals surface area contributed by atoms with E-state index in [1.54, 1.807) is 0 Å². The van der Waals surface area contributed by atoms with Crippen molar-refractivity contribution >= 4 is 5.91 Å². The molecule has 0 saturated heterocycles. The maximum atomic E-state index is 11.5. The van der Waals surface area contributed by atoms with E-state index in [0.717, 1.165) is 12.8 Å². The highest BCUT2D eigenvalue weighted by Gasteiger charge is 2.23. The summed E-state index contributed by atoms with van der Waals surface area (Å²) in [6, 6.07) is 9.02. The first kappa shape index (κ1) is 12.1. The number of hydrogen-bond donors (Lipinski definition) is 2. The number of carbonyl (C=O) groups is 1. The van der Waals surface area contributed by atoms with Crippen molar-refractivity contribution in [1.82, 2.24) is 10.6 Å². The Bertz CT molecular complexity index is 399. The van der Waals surface area contributed by atoms with Gasteiger partial charge >= 0.3 is 0 Å². The molecule has 1 atom stereocenters. The van der Waals surface area contributed by atoms with Crippen LogP contribution in [0.5, 0.6) is 0 Å². The molecule has 0 aromatic heterocycles. The van der Waals surface area contributed by atoms with E-state index >= 15 is 0 Å². The second kappa shape index (κ2) is 5.32. The summed E-state index contributed by atoms with van der Waals surface area (Å²) >= 11 is 0. The zero-order valence-corrected chi connectivity index (χ0v) is 10.5. The van der Waals surface area contributed by atoms with Gasteiger partial charge in [0.25, 0.3) is 0 Å². The van der Waals surface area contributed by atoms with E-state index in [9.17, 15) is 4.79 Å². The second-order valence-electron chi connectivity index (χ2n) is 4.86. The van der Waals surface area contributed by atoms with Gasteiger partial charge in [-0.15, -0.1) is 0 Å². The number of amides is 1. The third-order valence-corrected chi connectivity index (χ3v) is 3.05. The van der Waals surface area contributed by atoms with Crippen molar-refractivity contribution in [3.8, 4) is 0 Å². The first-order chi connectivity index (χ1) is 8.15. The summed E-state index contributed by atoms with van der Waals surface area (Å²) in [7, 11) is 0. The Hall–Kier alpha value is -1.35. The van der Waals surface area contributed by atoms with E-state index in [2.05, 4.69) is 42.7 Å². The highest BCUT2D eigenvalue weighted by atomic mass is 16.2. The molecule has 17 heavy (non-hydrogen) atoms. The molecule has 1 aliphatic carbocycles. The van der Waals surface area contributed by atoms with Crippen LogP contribution in [0.3, 0.4) is 0 Å². The predicted octanol–water partition coefficient (Wildman–Crippen LogP) is 1.92. The number of aryl methyl sites for hydroxylation is 1. The predicted molar refractivity (Wildman–Crippen MR) is 68.8 cm³/mol. The zero-order valence-electron chi connectivity index (χ0n) is 10.5. The van der Waals surface area contributed by atoms with Crippen LogP contribution in [0.1, 0.15) is 36.9 Å². The smallest absolute Gasteiger partial charge is 0.234 e. The van der Waals surface area contributed by atoms with Crippen molar-refractivity contribution in [3.63, 3.8) is 0 Å². The highest BCUT2D eigenvalue weighted by Crippen LogP contribution is 2.18. The van der Waals surface area contributed by atoms with Gasteiger partial charge in [0.1, 0.15) is 0 Å². The molecule has 0 bridgehead atoms. The van der Waals surface area contributed by atoms with Gasteiger partial charge in [0.2, 0.25) is 5.91 Å². The number of rotatable bonds is 5. The van der Waals surface area contributed by atoms with Gasteiger partial charge in [-0.3, -0.25) is 4.79 Å². The number of carbonyl (C=O) groups excluding carboxylic acids is 1. The molecular weight excluding hydrogens is 212 g/mol. The first-order valence-corrected chi connectivity index (χ1v) is 6.24. The average Bonchev–Trinajstić information content (AvgIpc) is 3.10. The molecule has 0 spiro atoms. The van der Waals surface area contributed by atoms with Crippen LogP contribution < -0.4 is 10.6 Å². The topological polar surface area (TPSA) is 41.1 Å². The van der Waals surface area contributed by atoms with Gasteiger partial charge in [-0.25, -0.2) is 0 Å². The van der Waals surface area contributed by atoms with Crippen LogP contribution in [0.25, 0.3) is 0 Å². The summed E-state index contributed by atoms with van der Waals surface area (Å²) in [6.07, 6.45) is 2.28. The molecule has 1 aromatic carbocycles. The van der Waals surface area contributed by atoms with Crippen LogP contribution in [-0.2, 0) is 4.79 Å². The Kier molecular flexibility index (Phi) is 3.79. The van der Waals surface area contributed by atoms with Crippen molar-refractivity contribution < 1.29 is 4.79 Å². The lowest BCUT2D eigenvalue weighted by atomic mass is 10.1. The first-order valence-electron chi connectivity index (χ1n) is 6.24. The standard InChI is InChI=1S/C14H20N2O/c1-10-4-3-5-12(8-10)11(2)15-9-14(17)16-13-6-7-13/h3-5,8,11,13,15H,6-7,9H2,1-2H3,(H,16,17)/t11-/m1/s1. The average molecular weight is 232 g/mol. The molecule has 0 heterocycles. The lowest BCUT2D eigenvalue weighted by Crippen LogP contribution is -2.36. The molecule has 2 N–H and O–H groups in total. The Morgan fingerprint density at radius 1 is 1.47 bits per heavy atom. The van der Waals surface area contributed by atoms with Crippen molar-refractivity contribution in [2.45, 2.75) is 38.8 Å². The van der Waals surface area contributed by atoms with Crippen molar-refractivity contribution in [3.05, 3.63) is 35.4 Å². The van der Waals surface area contributed by atoms with Crippen molar-refractivity contribution in [1.29, 1.82) is 0 Å². The van der Waals surface area contributed by atoms with Crippen molar-refractivity contribution in [2.24, 2.45) is 0 Å². The van der Waals surface area contributed by atoms with Gasteiger partial charge in [-0.2, -0.15) is 0 Å². The fraction of sp³-hybridized carbons (Fsp3) is 0.500. The summed E-state index contributed by atoms with van der Waals surface area (Å²) in [5.41, 5.74) is 2.47. The number of benzene rings is 1. The molecule has 0 unspecified atom stereocenters. The summed E-state index contributed by atoms with van der Waals surface area (Å²) in [5.74, 6) is 0.104. The van der Waals surface area contributed by atoms with Gasteiger partial charge < -0.3 is 10.6 Å². The molecule has 2 rings (SSSR count). The molecule has 1 aromatic rings. The van der Waals surface area contributed by atoms with E-state index in [-0.39, 0.29) is 11.9 Å². The Morgan fingerprint density at radius 2 is 2.24 bits per heavy atom. The third-order valence-electron chi connectivity index (χ3n) is 3.05. The van der Waals surface area contributed by atoms with Gasteiger partial charge in [0.15, 0.2) is 0 Å². The fourth-order valence-electron chi connectivity index (χ4n) is 1.81. The van der Waals surface area contributed by atoms with Gasteiger partial charge in [0.05, 0.1) is 6.54 Å². The third kappa shape index (κ3) is 3.86. The summed E-state index contributed by atoms with van der Waals surface area (Å²) in [4.78, 5) is 11.5. The molecule has 1 aliphatic rings. The van der Waals surface area contributed by atoms with Crippen LogP contribution in [0.2, 0.25) is 0 Å². The molecule has 1 amide bonds. The Labute approximate surface area is 103 Å². The quantitative estimate of drug-likeness (QED) is 0.814. The molecular formula is C14H20N2O. The normalized spacial score (nSPS) is 16.6. The molecule has 0 radical (unpaired) electrons. The van der Waals surface area contributed by atoms with Crippen molar-refractivity contribution in [2.75, 3.05) is 6.54 Å². The van der Waals surface area contributed by atoms with Crippen LogP contribution >= 0.6 is 0 Å². The van der Waals surface area contributed by atoms with Crippen LogP contribution in [-0.4, -0.2) is 18.5 Å². The summed E-state index contributed by atoms with van der Waals surface area (Å²) in [5, 5.41) is 6.22. The second-order valence-corrected chi connectivity index (χ2v) is 4.86. The fourth-order valence-corrected chi connectivity index (χ4v) is 1.81. The molecule has 0 aliphatic heterocycles. The molecule has 1 saturated carbocycles. The van der Waals surface area contributed by atoms with E-state index in [1.807, 2.05) is 6.07 Å². The van der Waals surface area contributed by atoms with Crippen LogP contribution in [0.15, 0.2) is 24.3 Å². The lowest BCUT2D eigenvalue weighted by Gasteiger charge is -2.14. The number of hydrogen-bond acceptors (Lipinski definition) is 2. The summed E-state index contributed by atoms with van der Waals surface area (Å²) in [6.45, 7) is 4.56. The van der Waals surface area contributed by atoms with E-state index in [4.69, 9.17) is 0 Å². The summed E-state index contributed by atoms with van der Waals surface area (Å²) < 4.78 is 0. The lowest BCUT2D eigenvalue weighted by molar-refractivity contribution is -0.120. The maximum Gasteiger partial charge on any atom is 0.234 e. The van der Waals surface area contributed by atoms with Gasteiger partial charge in [-0.1, -0.05) is 29.8 Å². The van der Waals surface area contributed by atoms with E-state index in [0.29, 0.717) is 12.6 Å². The SMILES string of the molecule is Cc1cccc([C@@H](C)NCC(=O)NC2CC2)c1. The minimum atomic E-state index is 0.104. The van der Waals surface area contributed by atoms with Crippen LogP contribution in [0, 0.1) is 6.92 Å². The van der Waals surface area contributed by atoms with Crippen LogP contribution in [0.4, 0.5) is 0 Å². The molecule has 1 fully saturated rings. The van der Waals surface area contributed by atoms with Gasteiger partial charge in [0, 0.05) is 12.1 Å². The minimum Gasteiger partial charge on any atom is -0.352 e. The molecule has 92 valence electrons. The number of nitrogens with one attached hydrogen (secondary N) is 2. The molecule has 3 heteroatoms. The van der Waals surface area contributed by atoms with E-state index in [1.165, 1.54) is 11.1 Å². The maximum absolute atomic E-state index is 11.5. The Balaban J connectivity index is 1.79. The zero-order chi connectivity index (χ0) is 12.3. The largest absolute Gasteiger partial charge is 0.352 e. The molecule has 3 nitrogen and oxygen atoms in total. The monoisotopic (exact) mass is 232 g/mol. The Morgan fingerprint density at radius 3 is 2.88 bits per heavy atom. The minimum absolute atomic E-state index is 0.104. The van der Waals surface area contributed by atoms with Gasteiger partial charge in [-0.05, 0) is 32.3 Å². The highest BCUT2D eigenvalue weighted by molar-refractivity contribution is 5.78. The van der Waals surface area contributed by atoms with E-state index < -0.39 is 0 Å².